The third-order valence-electron chi connectivity index (χ3n) is 5.28. The lowest BCUT2D eigenvalue weighted by Gasteiger charge is -2.22. The average molecular weight is 438 g/mol. The summed E-state index contributed by atoms with van der Waals surface area (Å²) < 4.78 is 0.865. The Balaban J connectivity index is 2.02. The van der Waals surface area contributed by atoms with Crippen LogP contribution < -0.4 is 22.3 Å². The number of rotatable bonds is 10. The van der Waals surface area contributed by atoms with Crippen LogP contribution in [0.5, 0.6) is 0 Å². The predicted molar refractivity (Wildman–Crippen MR) is 120 cm³/mol. The van der Waals surface area contributed by atoms with Crippen molar-refractivity contribution in [2.45, 2.75) is 37.8 Å². The number of nitrogens with one attached hydrogen (secondary N) is 2. The van der Waals surface area contributed by atoms with Crippen LogP contribution in [0.2, 0.25) is 0 Å². The number of nitrogens with zero attached hydrogens (tertiary/aromatic N) is 1. The van der Waals surface area contributed by atoms with E-state index in [2.05, 4.69) is 10.3 Å². The molecule has 168 valence electrons. The number of aliphatic carboxylic acids is 1. The summed E-state index contributed by atoms with van der Waals surface area (Å²) in [7, 11) is 0. The number of nitrogens with two attached hydrogens (primary N) is 1. The third-order valence-corrected chi connectivity index (χ3v) is 5.28. The Labute approximate surface area is 183 Å². The van der Waals surface area contributed by atoms with Crippen molar-refractivity contribution < 1.29 is 14.7 Å². The Hall–Kier alpha value is -3.72. The first-order chi connectivity index (χ1) is 15.4. The van der Waals surface area contributed by atoms with Gasteiger partial charge in [0.25, 0.3) is 5.56 Å². The molecule has 3 rings (SSSR count). The second kappa shape index (κ2) is 10.5. The SMILES string of the molecule is NCCCCC(NC(=O)C(Cc1ccccc1)n1c(=O)[nH]c2ccccc2c1=O)C(=O)O. The number of hydrogen-bond donors (Lipinski definition) is 4. The van der Waals surface area contributed by atoms with Gasteiger partial charge in [-0.1, -0.05) is 42.5 Å². The standard InChI is InChI=1S/C23H26N4O5/c24-13-7-6-12-18(22(30)31)25-20(28)19(14-15-8-2-1-3-9-15)27-21(29)16-10-4-5-11-17(16)26-23(27)32/h1-5,8-11,18-19H,6-7,12-14,24H2,(H,25,28)(H,26,32)(H,30,31). The average Bonchev–Trinajstić information content (AvgIpc) is 2.78. The molecule has 2 aromatic carbocycles. The number of H-pyrrole nitrogens is 1. The summed E-state index contributed by atoms with van der Waals surface area (Å²) in [6, 6.07) is 13.1. The van der Waals surface area contributed by atoms with E-state index in [-0.39, 0.29) is 18.2 Å². The number of aromatic nitrogens is 2. The van der Waals surface area contributed by atoms with E-state index in [0.29, 0.717) is 24.9 Å². The summed E-state index contributed by atoms with van der Waals surface area (Å²) in [5.74, 6) is -1.90. The summed E-state index contributed by atoms with van der Waals surface area (Å²) in [5.41, 5.74) is 5.21. The number of carboxylic acid groups (broad SMARTS) is 1. The third kappa shape index (κ3) is 5.30. The van der Waals surface area contributed by atoms with E-state index >= 15 is 0 Å². The number of carboxylic acids is 1. The normalized spacial score (nSPS) is 12.9. The van der Waals surface area contributed by atoms with E-state index in [4.69, 9.17) is 5.73 Å². The molecule has 0 bridgehead atoms. The Morgan fingerprint density at radius 3 is 2.41 bits per heavy atom. The first-order valence-corrected chi connectivity index (χ1v) is 10.4. The van der Waals surface area contributed by atoms with Gasteiger partial charge in [-0.05, 0) is 43.5 Å². The van der Waals surface area contributed by atoms with Gasteiger partial charge in [-0.2, -0.15) is 0 Å². The second-order valence-electron chi connectivity index (χ2n) is 7.54. The molecule has 1 aromatic heterocycles. The van der Waals surface area contributed by atoms with Gasteiger partial charge >= 0.3 is 11.7 Å². The molecule has 9 heteroatoms. The van der Waals surface area contributed by atoms with Crippen LogP contribution >= 0.6 is 0 Å². The van der Waals surface area contributed by atoms with Crippen LogP contribution in [-0.2, 0) is 16.0 Å². The van der Waals surface area contributed by atoms with E-state index in [9.17, 15) is 24.3 Å². The number of hydrogen-bond acceptors (Lipinski definition) is 5. The van der Waals surface area contributed by atoms with Gasteiger partial charge in [-0.15, -0.1) is 0 Å². The molecule has 0 radical (unpaired) electrons. The van der Waals surface area contributed by atoms with E-state index in [1.165, 1.54) is 0 Å². The van der Waals surface area contributed by atoms with Gasteiger partial charge in [0.05, 0.1) is 10.9 Å². The minimum absolute atomic E-state index is 0.0448. The van der Waals surface area contributed by atoms with Crippen molar-refractivity contribution >= 4 is 22.8 Å². The number of carbonyl (C=O) groups is 2. The lowest BCUT2D eigenvalue weighted by Crippen LogP contribution is -2.49. The highest BCUT2D eigenvalue weighted by molar-refractivity contribution is 5.86. The van der Waals surface area contributed by atoms with Gasteiger partial charge in [-0.25, -0.2) is 14.2 Å². The molecule has 0 spiro atoms. The molecular formula is C23H26N4O5. The summed E-state index contributed by atoms with van der Waals surface area (Å²) in [4.78, 5) is 53.5. The second-order valence-corrected chi connectivity index (χ2v) is 7.54. The molecular weight excluding hydrogens is 412 g/mol. The Morgan fingerprint density at radius 1 is 1.03 bits per heavy atom. The monoisotopic (exact) mass is 438 g/mol. The van der Waals surface area contributed by atoms with Crippen molar-refractivity contribution in [2.75, 3.05) is 6.54 Å². The van der Waals surface area contributed by atoms with Gasteiger partial charge < -0.3 is 21.1 Å². The quantitative estimate of drug-likeness (QED) is 0.349. The fraction of sp³-hybridized carbons (Fsp3) is 0.304. The number of benzene rings is 2. The highest BCUT2D eigenvalue weighted by Gasteiger charge is 2.29. The lowest BCUT2D eigenvalue weighted by atomic mass is 10.0. The Morgan fingerprint density at radius 2 is 1.72 bits per heavy atom. The zero-order chi connectivity index (χ0) is 23.1. The molecule has 0 fully saturated rings. The molecule has 0 saturated heterocycles. The van der Waals surface area contributed by atoms with Gasteiger partial charge in [0, 0.05) is 6.42 Å². The van der Waals surface area contributed by atoms with Crippen molar-refractivity contribution in [3.8, 4) is 0 Å². The molecule has 32 heavy (non-hydrogen) atoms. The van der Waals surface area contributed by atoms with Crippen LogP contribution in [-0.4, -0.2) is 39.1 Å². The van der Waals surface area contributed by atoms with Crippen molar-refractivity contribution in [1.82, 2.24) is 14.9 Å². The fourth-order valence-electron chi connectivity index (χ4n) is 3.62. The number of unbranched alkanes of at least 4 members (excludes halogenated alkanes) is 1. The molecule has 0 aliphatic heterocycles. The van der Waals surface area contributed by atoms with E-state index < -0.39 is 35.2 Å². The molecule has 0 saturated carbocycles. The minimum Gasteiger partial charge on any atom is -0.480 e. The molecule has 5 N–H and O–H groups in total. The number of fused-ring (bicyclic) bond motifs is 1. The van der Waals surface area contributed by atoms with Crippen LogP contribution in [0.3, 0.4) is 0 Å². The zero-order valence-electron chi connectivity index (χ0n) is 17.5. The molecule has 0 aliphatic carbocycles. The van der Waals surface area contributed by atoms with Crippen LogP contribution in [0.25, 0.3) is 10.9 Å². The molecule has 1 amide bonds. The van der Waals surface area contributed by atoms with Gasteiger partial charge in [0.1, 0.15) is 12.1 Å². The van der Waals surface area contributed by atoms with Crippen LogP contribution in [0.4, 0.5) is 0 Å². The smallest absolute Gasteiger partial charge is 0.329 e. The van der Waals surface area contributed by atoms with Crippen LogP contribution in [0.15, 0.2) is 64.2 Å². The highest BCUT2D eigenvalue weighted by Crippen LogP contribution is 2.14. The number of aromatic amines is 1. The van der Waals surface area contributed by atoms with Crippen molar-refractivity contribution in [2.24, 2.45) is 5.73 Å². The minimum atomic E-state index is -1.23. The van der Waals surface area contributed by atoms with Crippen molar-refractivity contribution in [3.63, 3.8) is 0 Å². The van der Waals surface area contributed by atoms with Crippen molar-refractivity contribution in [3.05, 3.63) is 81.0 Å². The van der Waals surface area contributed by atoms with E-state index in [0.717, 1.165) is 10.1 Å². The zero-order valence-corrected chi connectivity index (χ0v) is 17.5. The summed E-state index contributed by atoms with van der Waals surface area (Å²) in [6.45, 7) is 0.415. The fourth-order valence-corrected chi connectivity index (χ4v) is 3.62. The van der Waals surface area contributed by atoms with E-state index in [1.54, 1.807) is 48.5 Å². The molecule has 2 unspecified atom stereocenters. The summed E-state index contributed by atoms with van der Waals surface area (Å²) in [5, 5.41) is 12.3. The summed E-state index contributed by atoms with van der Waals surface area (Å²) in [6.07, 6.45) is 1.38. The number of amides is 1. The molecule has 0 aliphatic rings. The Kier molecular flexibility index (Phi) is 7.56. The topological polar surface area (TPSA) is 147 Å². The first kappa shape index (κ1) is 23.0. The molecule has 2 atom stereocenters. The molecule has 1 heterocycles. The maximum absolute atomic E-state index is 13.2. The van der Waals surface area contributed by atoms with Crippen molar-refractivity contribution in [1.29, 1.82) is 0 Å². The predicted octanol–water partition coefficient (Wildman–Crippen LogP) is 1.17. The largest absolute Gasteiger partial charge is 0.480 e. The van der Waals surface area contributed by atoms with Gasteiger partial charge in [0.15, 0.2) is 0 Å². The number of carbonyl (C=O) groups excluding carboxylic acids is 1. The maximum Gasteiger partial charge on any atom is 0.329 e. The molecule has 9 nitrogen and oxygen atoms in total. The number of para-hydroxylation sites is 1. The first-order valence-electron chi connectivity index (χ1n) is 10.4. The summed E-state index contributed by atoms with van der Waals surface area (Å²) >= 11 is 0. The van der Waals surface area contributed by atoms with Gasteiger partial charge in [0.2, 0.25) is 5.91 Å². The maximum atomic E-state index is 13.2. The molecule has 3 aromatic rings. The Bertz CT molecular complexity index is 1200. The van der Waals surface area contributed by atoms with Gasteiger partial charge in [-0.3, -0.25) is 9.59 Å². The lowest BCUT2D eigenvalue weighted by molar-refractivity contribution is -0.142. The van der Waals surface area contributed by atoms with E-state index in [1.807, 2.05) is 6.07 Å². The van der Waals surface area contributed by atoms with Crippen LogP contribution in [0.1, 0.15) is 30.9 Å². The highest BCUT2D eigenvalue weighted by atomic mass is 16.4. The van der Waals surface area contributed by atoms with Crippen LogP contribution in [0, 0.1) is 0 Å².